The van der Waals surface area contributed by atoms with Crippen LogP contribution in [0.1, 0.15) is 22.8 Å². The number of hydrogen-bond donors (Lipinski definition) is 0. The van der Waals surface area contributed by atoms with E-state index in [4.69, 9.17) is 27.9 Å². The first-order valence-corrected chi connectivity index (χ1v) is 4.81. The third kappa shape index (κ3) is 2.16. The average molecular weight is 234 g/mol. The Bertz CT molecular complexity index is 366. The second kappa shape index (κ2) is 4.62. The topological polar surface area (TPSA) is 39.2 Å². The summed E-state index contributed by atoms with van der Waals surface area (Å²) in [5.41, 5.74) is 0.828. The molecule has 0 amide bonds. The van der Waals surface area contributed by atoms with Crippen LogP contribution in [0.3, 0.4) is 0 Å². The van der Waals surface area contributed by atoms with E-state index in [0.717, 1.165) is 0 Å². The number of carbonyl (C=O) groups excluding carboxylic acids is 1. The number of esters is 1. The van der Waals surface area contributed by atoms with Gasteiger partial charge in [0.25, 0.3) is 0 Å². The lowest BCUT2D eigenvalue weighted by molar-refractivity contribution is 0.0526. The summed E-state index contributed by atoms with van der Waals surface area (Å²) in [6.07, 6.45) is 1.32. The number of nitrogens with zero attached hydrogens (tertiary/aromatic N) is 1. The molecule has 0 fully saturated rings. The third-order valence-electron chi connectivity index (χ3n) is 1.68. The summed E-state index contributed by atoms with van der Waals surface area (Å²) in [6, 6.07) is 0. The van der Waals surface area contributed by atoms with Gasteiger partial charge in [0.05, 0.1) is 17.2 Å². The number of halogens is 2. The quantitative estimate of drug-likeness (QED) is 0.583. The first-order chi connectivity index (χ1) is 6.57. The first kappa shape index (κ1) is 11.3. The van der Waals surface area contributed by atoms with E-state index in [1.54, 1.807) is 13.8 Å². The van der Waals surface area contributed by atoms with Crippen LogP contribution < -0.4 is 0 Å². The Morgan fingerprint density at radius 1 is 1.57 bits per heavy atom. The molecule has 0 aliphatic heterocycles. The normalized spacial score (nSPS) is 10.0. The van der Waals surface area contributed by atoms with Crippen molar-refractivity contribution < 1.29 is 9.53 Å². The van der Waals surface area contributed by atoms with Crippen molar-refractivity contribution in [3.05, 3.63) is 27.5 Å². The maximum atomic E-state index is 11.3. The fourth-order valence-electron chi connectivity index (χ4n) is 0.918. The molecule has 1 aromatic heterocycles. The standard InChI is InChI=1S/C9H9Cl2NO2/c1-3-14-9(13)6-4-12-8(11)5(2)7(6)10/h4H,3H2,1-2H3. The minimum absolute atomic E-state index is 0.246. The van der Waals surface area contributed by atoms with E-state index >= 15 is 0 Å². The van der Waals surface area contributed by atoms with Crippen LogP contribution >= 0.6 is 23.2 Å². The van der Waals surface area contributed by atoms with Crippen LogP contribution in [0.15, 0.2) is 6.20 Å². The zero-order chi connectivity index (χ0) is 10.7. The lowest BCUT2D eigenvalue weighted by atomic mass is 10.2. The Morgan fingerprint density at radius 3 is 2.79 bits per heavy atom. The molecule has 0 N–H and O–H groups in total. The molecule has 76 valence electrons. The predicted molar refractivity (Wildman–Crippen MR) is 55.0 cm³/mol. The molecule has 0 aromatic carbocycles. The SMILES string of the molecule is CCOC(=O)c1cnc(Cl)c(C)c1Cl. The molecular weight excluding hydrogens is 225 g/mol. The maximum absolute atomic E-state index is 11.3. The summed E-state index contributed by atoms with van der Waals surface area (Å²) in [7, 11) is 0. The minimum Gasteiger partial charge on any atom is -0.462 e. The molecular formula is C9H9Cl2NO2. The molecule has 1 aromatic rings. The number of pyridine rings is 1. The van der Waals surface area contributed by atoms with Crippen LogP contribution in [-0.2, 0) is 4.74 Å². The summed E-state index contributed by atoms with van der Waals surface area (Å²) < 4.78 is 4.80. The van der Waals surface area contributed by atoms with Gasteiger partial charge in [-0.15, -0.1) is 0 Å². The van der Waals surface area contributed by atoms with E-state index in [1.807, 2.05) is 0 Å². The minimum atomic E-state index is -0.482. The lowest BCUT2D eigenvalue weighted by Crippen LogP contribution is -2.06. The van der Waals surface area contributed by atoms with Crippen LogP contribution in [0.25, 0.3) is 0 Å². The van der Waals surface area contributed by atoms with Crippen LogP contribution in [0.5, 0.6) is 0 Å². The number of carbonyl (C=O) groups is 1. The van der Waals surface area contributed by atoms with Gasteiger partial charge in [-0.1, -0.05) is 23.2 Å². The highest BCUT2D eigenvalue weighted by atomic mass is 35.5. The second-order valence-electron chi connectivity index (χ2n) is 2.62. The molecule has 0 unspecified atom stereocenters. The first-order valence-electron chi connectivity index (χ1n) is 4.05. The second-order valence-corrected chi connectivity index (χ2v) is 3.36. The molecule has 0 atom stereocenters. The van der Waals surface area contributed by atoms with E-state index in [2.05, 4.69) is 4.98 Å². The fourth-order valence-corrected chi connectivity index (χ4v) is 1.33. The van der Waals surface area contributed by atoms with Crippen LogP contribution in [0.2, 0.25) is 10.2 Å². The van der Waals surface area contributed by atoms with Gasteiger partial charge in [-0.2, -0.15) is 0 Å². The molecule has 1 heterocycles. The maximum Gasteiger partial charge on any atom is 0.341 e. The summed E-state index contributed by atoms with van der Waals surface area (Å²) in [5, 5.41) is 0.589. The van der Waals surface area contributed by atoms with Crippen molar-refractivity contribution in [3.63, 3.8) is 0 Å². The van der Waals surface area contributed by atoms with Gasteiger partial charge in [0.2, 0.25) is 0 Å². The van der Waals surface area contributed by atoms with E-state index < -0.39 is 5.97 Å². The monoisotopic (exact) mass is 233 g/mol. The van der Waals surface area contributed by atoms with Gasteiger partial charge in [0.1, 0.15) is 5.15 Å². The van der Waals surface area contributed by atoms with Gasteiger partial charge in [-0.25, -0.2) is 9.78 Å². The van der Waals surface area contributed by atoms with Gasteiger partial charge in [0.15, 0.2) is 0 Å². The van der Waals surface area contributed by atoms with Crippen molar-refractivity contribution in [1.29, 1.82) is 0 Å². The van der Waals surface area contributed by atoms with Crippen molar-refractivity contribution in [3.8, 4) is 0 Å². The molecule has 0 aliphatic carbocycles. The van der Waals surface area contributed by atoms with Gasteiger partial charge in [-0.3, -0.25) is 0 Å². The largest absolute Gasteiger partial charge is 0.462 e. The van der Waals surface area contributed by atoms with Crippen LogP contribution in [0.4, 0.5) is 0 Å². The Balaban J connectivity index is 3.11. The molecule has 0 saturated heterocycles. The van der Waals surface area contributed by atoms with Crippen molar-refractivity contribution in [2.24, 2.45) is 0 Å². The lowest BCUT2D eigenvalue weighted by Gasteiger charge is -2.06. The van der Waals surface area contributed by atoms with Crippen molar-refractivity contribution in [2.45, 2.75) is 13.8 Å². The molecule has 1 rings (SSSR count). The van der Waals surface area contributed by atoms with Crippen molar-refractivity contribution in [1.82, 2.24) is 4.98 Å². The summed E-state index contributed by atoms with van der Waals surface area (Å²) in [6.45, 7) is 3.72. The third-order valence-corrected chi connectivity index (χ3v) is 2.55. The van der Waals surface area contributed by atoms with Crippen molar-refractivity contribution >= 4 is 29.2 Å². The number of rotatable bonds is 2. The molecule has 3 nitrogen and oxygen atoms in total. The van der Waals surface area contributed by atoms with Gasteiger partial charge in [0, 0.05) is 11.8 Å². The van der Waals surface area contributed by atoms with E-state index in [0.29, 0.717) is 22.3 Å². The highest BCUT2D eigenvalue weighted by Gasteiger charge is 2.15. The Labute approximate surface area is 92.0 Å². The van der Waals surface area contributed by atoms with Crippen LogP contribution in [-0.4, -0.2) is 17.6 Å². The van der Waals surface area contributed by atoms with E-state index in [9.17, 15) is 4.79 Å². The van der Waals surface area contributed by atoms with Gasteiger partial charge >= 0.3 is 5.97 Å². The molecule has 0 bridgehead atoms. The Morgan fingerprint density at radius 2 is 2.21 bits per heavy atom. The number of hydrogen-bond acceptors (Lipinski definition) is 3. The highest BCUT2D eigenvalue weighted by molar-refractivity contribution is 6.37. The summed E-state index contributed by atoms with van der Waals surface area (Å²) in [5.74, 6) is -0.482. The molecule has 0 spiro atoms. The number of ether oxygens (including phenoxy) is 1. The van der Waals surface area contributed by atoms with Crippen molar-refractivity contribution in [2.75, 3.05) is 6.61 Å². The zero-order valence-corrected chi connectivity index (χ0v) is 9.32. The highest BCUT2D eigenvalue weighted by Crippen LogP contribution is 2.25. The molecule has 0 saturated carbocycles. The predicted octanol–water partition coefficient (Wildman–Crippen LogP) is 2.87. The Kier molecular flexibility index (Phi) is 3.72. The Hall–Kier alpha value is -0.800. The zero-order valence-electron chi connectivity index (χ0n) is 7.80. The molecule has 0 radical (unpaired) electrons. The molecule has 14 heavy (non-hydrogen) atoms. The summed E-state index contributed by atoms with van der Waals surface area (Å²) in [4.78, 5) is 15.2. The fraction of sp³-hybridized carbons (Fsp3) is 0.333. The van der Waals surface area contributed by atoms with E-state index in [1.165, 1.54) is 6.20 Å². The van der Waals surface area contributed by atoms with E-state index in [-0.39, 0.29) is 5.56 Å². The average Bonchev–Trinajstić information content (AvgIpc) is 2.15. The summed E-state index contributed by atoms with van der Waals surface area (Å²) >= 11 is 11.6. The van der Waals surface area contributed by atoms with Gasteiger partial charge in [-0.05, 0) is 13.8 Å². The van der Waals surface area contributed by atoms with Crippen LogP contribution in [0, 0.1) is 6.92 Å². The molecule has 5 heteroatoms. The smallest absolute Gasteiger partial charge is 0.341 e. The number of aromatic nitrogens is 1. The van der Waals surface area contributed by atoms with Gasteiger partial charge < -0.3 is 4.74 Å². The molecule has 0 aliphatic rings.